The number of pyridine rings is 1. The number of carbonyl (C=O) groups excluding carboxylic acids is 3. The minimum absolute atomic E-state index is 0.00858. The quantitative estimate of drug-likeness (QED) is 0.519. The number of H-pyrrole nitrogens is 1. The molecule has 1 aliphatic rings. The largest absolute Gasteiger partial charge is 0.360 e. The summed E-state index contributed by atoms with van der Waals surface area (Å²) < 4.78 is 0. The van der Waals surface area contributed by atoms with Crippen LogP contribution in [0.1, 0.15) is 55.8 Å². The normalized spacial score (nSPS) is 16.0. The number of amides is 3. The van der Waals surface area contributed by atoms with Crippen molar-refractivity contribution in [2.45, 2.75) is 45.4 Å². The smallest absolute Gasteiger partial charge is 0.257 e. The van der Waals surface area contributed by atoms with E-state index < -0.39 is 5.91 Å². The summed E-state index contributed by atoms with van der Waals surface area (Å²) in [6.45, 7) is 3.52. The molecule has 0 radical (unpaired) electrons. The zero-order valence-electron chi connectivity index (χ0n) is 18.6. The number of carbonyl (C=O) groups is 3. The van der Waals surface area contributed by atoms with Crippen LogP contribution in [-0.2, 0) is 9.59 Å². The molecular formula is C24H32N4O4. The van der Waals surface area contributed by atoms with E-state index in [0.717, 1.165) is 32.1 Å². The molecule has 1 aromatic heterocycles. The van der Waals surface area contributed by atoms with Gasteiger partial charge in [0.05, 0.1) is 12.5 Å². The van der Waals surface area contributed by atoms with Gasteiger partial charge in [0.1, 0.15) is 5.56 Å². The topological polar surface area (TPSA) is 111 Å². The highest BCUT2D eigenvalue weighted by atomic mass is 16.2. The average Bonchev–Trinajstić information content (AvgIpc) is 2.82. The van der Waals surface area contributed by atoms with Crippen LogP contribution in [0, 0.1) is 5.92 Å². The van der Waals surface area contributed by atoms with Gasteiger partial charge in [-0.3, -0.25) is 19.2 Å². The van der Waals surface area contributed by atoms with Crippen molar-refractivity contribution in [2.24, 2.45) is 5.92 Å². The van der Waals surface area contributed by atoms with Crippen LogP contribution in [0.4, 0.5) is 0 Å². The Morgan fingerprint density at radius 3 is 2.75 bits per heavy atom. The maximum absolute atomic E-state index is 12.6. The number of rotatable bonds is 9. The van der Waals surface area contributed by atoms with Crippen LogP contribution in [0.15, 0.2) is 35.3 Å². The van der Waals surface area contributed by atoms with Crippen molar-refractivity contribution in [1.82, 2.24) is 20.5 Å². The van der Waals surface area contributed by atoms with Crippen LogP contribution in [0.5, 0.6) is 0 Å². The summed E-state index contributed by atoms with van der Waals surface area (Å²) >= 11 is 0. The Labute approximate surface area is 187 Å². The van der Waals surface area contributed by atoms with E-state index in [0.29, 0.717) is 30.5 Å². The molecule has 1 aliphatic heterocycles. The van der Waals surface area contributed by atoms with Gasteiger partial charge in [0.15, 0.2) is 0 Å². The Bertz CT molecular complexity index is 1020. The highest BCUT2D eigenvalue weighted by molar-refractivity contribution is 5.98. The number of piperidine rings is 1. The van der Waals surface area contributed by atoms with Gasteiger partial charge in [-0.2, -0.15) is 0 Å². The van der Waals surface area contributed by atoms with Gasteiger partial charge in [0.25, 0.3) is 5.91 Å². The number of hydrogen-bond acceptors (Lipinski definition) is 4. The fraction of sp³-hybridized carbons (Fsp3) is 0.500. The molecule has 1 aromatic carbocycles. The van der Waals surface area contributed by atoms with E-state index in [-0.39, 0.29) is 35.3 Å². The molecule has 0 saturated carbocycles. The Kier molecular flexibility index (Phi) is 8.41. The first-order chi connectivity index (χ1) is 15.5. The number of hydrogen-bond donors (Lipinski definition) is 3. The second kappa shape index (κ2) is 11.5. The number of unbranched alkanes of at least 4 members (excludes halogenated alkanes) is 3. The third-order valence-corrected chi connectivity index (χ3v) is 5.91. The molecular weight excluding hydrogens is 408 g/mol. The van der Waals surface area contributed by atoms with E-state index in [4.69, 9.17) is 0 Å². The van der Waals surface area contributed by atoms with E-state index in [9.17, 15) is 19.2 Å². The lowest BCUT2D eigenvalue weighted by molar-refractivity contribution is -0.134. The van der Waals surface area contributed by atoms with Crippen molar-refractivity contribution in [3.8, 4) is 0 Å². The zero-order chi connectivity index (χ0) is 22.9. The zero-order valence-corrected chi connectivity index (χ0v) is 18.6. The van der Waals surface area contributed by atoms with Gasteiger partial charge < -0.3 is 20.5 Å². The molecule has 0 spiro atoms. The predicted molar refractivity (Wildman–Crippen MR) is 123 cm³/mol. The summed E-state index contributed by atoms with van der Waals surface area (Å²) in [5.41, 5.74) is 0.238. The van der Waals surface area contributed by atoms with Crippen LogP contribution < -0.4 is 16.1 Å². The van der Waals surface area contributed by atoms with E-state index in [1.165, 1.54) is 12.6 Å². The van der Waals surface area contributed by atoms with E-state index in [1.807, 2.05) is 0 Å². The van der Waals surface area contributed by atoms with Crippen molar-refractivity contribution in [3.63, 3.8) is 0 Å². The van der Waals surface area contributed by atoms with Gasteiger partial charge in [-0.05, 0) is 31.4 Å². The van der Waals surface area contributed by atoms with Crippen LogP contribution in [-0.4, -0.2) is 53.8 Å². The molecule has 1 unspecified atom stereocenters. The van der Waals surface area contributed by atoms with Crippen molar-refractivity contribution in [3.05, 3.63) is 46.2 Å². The van der Waals surface area contributed by atoms with E-state index >= 15 is 0 Å². The molecule has 3 N–H and O–H groups in total. The highest BCUT2D eigenvalue weighted by Crippen LogP contribution is 2.17. The van der Waals surface area contributed by atoms with Gasteiger partial charge in [-0.1, -0.05) is 38.3 Å². The Hall–Kier alpha value is -3.16. The molecule has 2 heterocycles. The van der Waals surface area contributed by atoms with Crippen molar-refractivity contribution >= 4 is 28.6 Å². The molecule has 3 amide bonds. The standard InChI is InChI=1S/C24H32N4O4/c1-2-3-4-7-12-25-23(31)17-9-8-13-28(16-17)21(29)15-27-24(32)19-14-26-20-11-6-5-10-18(20)22(19)30/h5-6,10-11,14,17H,2-4,7-9,12-13,15-16H2,1H3,(H,25,31)(H,26,30)(H,27,32). The number of fused-ring (bicyclic) bond motifs is 1. The number of likely N-dealkylation sites (tertiary alicyclic amines) is 1. The Balaban J connectivity index is 1.50. The molecule has 8 heteroatoms. The number of aromatic amines is 1. The molecule has 0 aliphatic carbocycles. The first kappa shape index (κ1) is 23.5. The fourth-order valence-corrected chi connectivity index (χ4v) is 4.02. The molecule has 8 nitrogen and oxygen atoms in total. The van der Waals surface area contributed by atoms with Crippen molar-refractivity contribution in [1.29, 1.82) is 0 Å². The number of para-hydroxylation sites is 1. The minimum Gasteiger partial charge on any atom is -0.360 e. The fourth-order valence-electron chi connectivity index (χ4n) is 4.02. The van der Waals surface area contributed by atoms with Crippen LogP contribution >= 0.6 is 0 Å². The summed E-state index contributed by atoms with van der Waals surface area (Å²) in [7, 11) is 0. The van der Waals surface area contributed by atoms with E-state index in [2.05, 4.69) is 22.5 Å². The van der Waals surface area contributed by atoms with E-state index in [1.54, 1.807) is 29.2 Å². The molecule has 0 bridgehead atoms. The van der Waals surface area contributed by atoms with Gasteiger partial charge in [0, 0.05) is 36.7 Å². The third-order valence-electron chi connectivity index (χ3n) is 5.91. The van der Waals surface area contributed by atoms with Gasteiger partial charge in [-0.25, -0.2) is 0 Å². The third kappa shape index (κ3) is 5.96. The lowest BCUT2D eigenvalue weighted by atomic mass is 9.97. The lowest BCUT2D eigenvalue weighted by Gasteiger charge is -2.32. The summed E-state index contributed by atoms with van der Waals surface area (Å²) in [6, 6.07) is 6.95. The molecule has 32 heavy (non-hydrogen) atoms. The molecule has 1 atom stereocenters. The average molecular weight is 441 g/mol. The summed E-state index contributed by atoms with van der Waals surface area (Å²) in [6.07, 6.45) is 7.26. The summed E-state index contributed by atoms with van der Waals surface area (Å²) in [5.74, 6) is -1.08. The van der Waals surface area contributed by atoms with Crippen LogP contribution in [0.3, 0.4) is 0 Å². The highest BCUT2D eigenvalue weighted by Gasteiger charge is 2.28. The SMILES string of the molecule is CCCCCCNC(=O)C1CCCN(C(=O)CNC(=O)c2c[nH]c3ccccc3c2=O)C1. The maximum atomic E-state index is 12.6. The molecule has 2 aromatic rings. The number of nitrogens with zero attached hydrogens (tertiary/aromatic N) is 1. The van der Waals surface area contributed by atoms with Crippen molar-refractivity contribution < 1.29 is 14.4 Å². The van der Waals surface area contributed by atoms with Gasteiger partial charge in [-0.15, -0.1) is 0 Å². The number of nitrogens with one attached hydrogen (secondary N) is 3. The molecule has 3 rings (SSSR count). The second-order valence-electron chi connectivity index (χ2n) is 8.29. The molecule has 1 fully saturated rings. The first-order valence-corrected chi connectivity index (χ1v) is 11.5. The first-order valence-electron chi connectivity index (χ1n) is 11.5. The maximum Gasteiger partial charge on any atom is 0.257 e. The Morgan fingerprint density at radius 2 is 1.94 bits per heavy atom. The van der Waals surface area contributed by atoms with Gasteiger partial charge >= 0.3 is 0 Å². The summed E-state index contributed by atoms with van der Waals surface area (Å²) in [5, 5.41) is 5.95. The molecule has 1 saturated heterocycles. The molecule has 172 valence electrons. The van der Waals surface area contributed by atoms with Crippen LogP contribution in [0.2, 0.25) is 0 Å². The monoisotopic (exact) mass is 440 g/mol. The van der Waals surface area contributed by atoms with Crippen molar-refractivity contribution in [2.75, 3.05) is 26.2 Å². The lowest BCUT2D eigenvalue weighted by Crippen LogP contribution is -2.48. The number of aromatic nitrogens is 1. The van der Waals surface area contributed by atoms with Gasteiger partial charge in [0.2, 0.25) is 17.2 Å². The summed E-state index contributed by atoms with van der Waals surface area (Å²) in [4.78, 5) is 54.7. The second-order valence-corrected chi connectivity index (χ2v) is 8.29. The predicted octanol–water partition coefficient (Wildman–Crippen LogP) is 2.19. The van der Waals surface area contributed by atoms with Crippen LogP contribution in [0.25, 0.3) is 10.9 Å². The number of benzene rings is 1. The Morgan fingerprint density at radius 1 is 1.12 bits per heavy atom. The minimum atomic E-state index is -0.594.